The molecule has 1 aliphatic heterocycles. The molecule has 1 aliphatic rings. The van der Waals surface area contributed by atoms with Crippen LogP contribution in [0.5, 0.6) is 11.5 Å². The predicted octanol–water partition coefficient (Wildman–Crippen LogP) is 3.62. The van der Waals surface area contributed by atoms with E-state index in [1.54, 1.807) is 0 Å². The van der Waals surface area contributed by atoms with Gasteiger partial charge >= 0.3 is 0 Å². The number of aliphatic imine (C=N–C) groups is 1. The summed E-state index contributed by atoms with van der Waals surface area (Å²) in [4.78, 5) is 6.92. The Balaban J connectivity index is 1.66. The van der Waals surface area contributed by atoms with Crippen LogP contribution in [-0.2, 0) is 13.1 Å². The van der Waals surface area contributed by atoms with Crippen molar-refractivity contribution in [2.45, 2.75) is 33.4 Å². The van der Waals surface area contributed by atoms with E-state index in [9.17, 15) is 0 Å². The highest BCUT2D eigenvalue weighted by molar-refractivity contribution is 5.92. The van der Waals surface area contributed by atoms with Crippen molar-refractivity contribution in [2.24, 2.45) is 10.7 Å². The summed E-state index contributed by atoms with van der Waals surface area (Å²) >= 11 is 0. The van der Waals surface area contributed by atoms with Gasteiger partial charge in [0.05, 0.1) is 19.8 Å². The second-order valence-corrected chi connectivity index (χ2v) is 6.77. The molecule has 0 saturated carbocycles. The summed E-state index contributed by atoms with van der Waals surface area (Å²) < 4.78 is 11.4. The number of ether oxygens (including phenoxy) is 2. The lowest BCUT2D eigenvalue weighted by molar-refractivity contribution is 0.295. The fourth-order valence-electron chi connectivity index (χ4n) is 3.15. The lowest BCUT2D eigenvalue weighted by Crippen LogP contribution is -2.24. The number of nitrogens with one attached hydrogen (secondary N) is 1. The van der Waals surface area contributed by atoms with Gasteiger partial charge in [-0.2, -0.15) is 0 Å². The standard InChI is InChI=1S/C22H30N4O2/c1-3-26(4-2)16-18-9-6-5-8-17(18)15-24-22(23)25-19-10-11-20-21(14-19)28-13-7-12-27-20/h5-6,8-11,14H,3-4,7,12-13,15-16H2,1-2H3,(H3,23,24,25). The van der Waals surface area contributed by atoms with E-state index < -0.39 is 0 Å². The molecular formula is C22H30N4O2. The summed E-state index contributed by atoms with van der Waals surface area (Å²) in [5.41, 5.74) is 9.44. The van der Waals surface area contributed by atoms with Crippen molar-refractivity contribution in [3.8, 4) is 11.5 Å². The van der Waals surface area contributed by atoms with Crippen molar-refractivity contribution in [1.82, 2.24) is 4.90 Å². The number of rotatable bonds is 7. The van der Waals surface area contributed by atoms with Gasteiger partial charge in [0.25, 0.3) is 0 Å². The van der Waals surface area contributed by atoms with Gasteiger partial charge in [-0.05, 0) is 36.3 Å². The highest BCUT2D eigenvalue weighted by Crippen LogP contribution is 2.32. The second-order valence-electron chi connectivity index (χ2n) is 6.77. The average molecular weight is 383 g/mol. The largest absolute Gasteiger partial charge is 0.490 e. The average Bonchev–Trinajstić information content (AvgIpc) is 2.96. The number of fused-ring (bicyclic) bond motifs is 1. The maximum Gasteiger partial charge on any atom is 0.193 e. The van der Waals surface area contributed by atoms with Gasteiger partial charge in [0.15, 0.2) is 17.5 Å². The van der Waals surface area contributed by atoms with Crippen LogP contribution in [0.3, 0.4) is 0 Å². The molecule has 3 N–H and O–H groups in total. The van der Waals surface area contributed by atoms with E-state index in [4.69, 9.17) is 15.2 Å². The molecule has 0 atom stereocenters. The highest BCUT2D eigenvalue weighted by Gasteiger charge is 2.11. The number of nitrogens with zero attached hydrogens (tertiary/aromatic N) is 2. The third-order valence-corrected chi connectivity index (χ3v) is 4.85. The number of hydrogen-bond acceptors (Lipinski definition) is 4. The monoisotopic (exact) mass is 382 g/mol. The number of nitrogens with two attached hydrogens (primary N) is 1. The summed E-state index contributed by atoms with van der Waals surface area (Å²) in [6.45, 7) is 9.22. The zero-order chi connectivity index (χ0) is 19.8. The van der Waals surface area contributed by atoms with Gasteiger partial charge in [0.2, 0.25) is 0 Å². The van der Waals surface area contributed by atoms with Gasteiger partial charge in [0, 0.05) is 24.7 Å². The molecule has 0 aliphatic carbocycles. The molecule has 6 nitrogen and oxygen atoms in total. The SMILES string of the molecule is CCN(CC)Cc1ccccc1CN=C(N)Nc1ccc2c(c1)OCCCO2. The third kappa shape index (κ3) is 5.39. The molecule has 0 aromatic heterocycles. The first-order chi connectivity index (χ1) is 13.7. The summed E-state index contributed by atoms with van der Waals surface area (Å²) in [6.07, 6.45) is 0.883. The minimum absolute atomic E-state index is 0.382. The summed E-state index contributed by atoms with van der Waals surface area (Å²) in [7, 11) is 0. The van der Waals surface area contributed by atoms with Crippen LogP contribution < -0.4 is 20.5 Å². The maximum absolute atomic E-state index is 6.12. The van der Waals surface area contributed by atoms with Crippen LogP contribution in [0.4, 0.5) is 5.69 Å². The molecule has 150 valence electrons. The first-order valence-electron chi connectivity index (χ1n) is 9.95. The Bertz CT molecular complexity index is 803. The first-order valence-corrected chi connectivity index (χ1v) is 9.95. The molecule has 0 fully saturated rings. The lowest BCUT2D eigenvalue weighted by atomic mass is 10.1. The van der Waals surface area contributed by atoms with Crippen LogP contribution in [0.15, 0.2) is 47.5 Å². The molecular weight excluding hydrogens is 352 g/mol. The van der Waals surface area contributed by atoms with Crippen molar-refractivity contribution in [3.63, 3.8) is 0 Å². The van der Waals surface area contributed by atoms with Gasteiger partial charge < -0.3 is 20.5 Å². The Morgan fingerprint density at radius 1 is 1.04 bits per heavy atom. The smallest absolute Gasteiger partial charge is 0.193 e. The Labute approximate surface area is 167 Å². The quantitative estimate of drug-likeness (QED) is 0.565. The van der Waals surface area contributed by atoms with Gasteiger partial charge in [0.1, 0.15) is 0 Å². The molecule has 0 unspecified atom stereocenters. The highest BCUT2D eigenvalue weighted by atomic mass is 16.5. The molecule has 2 aromatic rings. The van der Waals surface area contributed by atoms with E-state index in [0.717, 1.165) is 43.2 Å². The van der Waals surface area contributed by atoms with E-state index in [1.165, 1.54) is 11.1 Å². The molecule has 0 spiro atoms. The third-order valence-electron chi connectivity index (χ3n) is 4.85. The molecule has 2 aromatic carbocycles. The van der Waals surface area contributed by atoms with Gasteiger partial charge in [-0.15, -0.1) is 0 Å². The number of hydrogen-bond donors (Lipinski definition) is 2. The fraction of sp³-hybridized carbons (Fsp3) is 0.409. The van der Waals surface area contributed by atoms with Crippen LogP contribution in [0.1, 0.15) is 31.4 Å². The van der Waals surface area contributed by atoms with Crippen molar-refractivity contribution in [3.05, 3.63) is 53.6 Å². The maximum atomic E-state index is 6.12. The van der Waals surface area contributed by atoms with Crippen molar-refractivity contribution in [2.75, 3.05) is 31.6 Å². The van der Waals surface area contributed by atoms with Crippen molar-refractivity contribution < 1.29 is 9.47 Å². The normalized spacial score (nSPS) is 14.0. The van der Waals surface area contributed by atoms with E-state index in [0.29, 0.717) is 25.7 Å². The van der Waals surface area contributed by atoms with Crippen molar-refractivity contribution >= 4 is 11.6 Å². The number of anilines is 1. The van der Waals surface area contributed by atoms with Crippen LogP contribution in [-0.4, -0.2) is 37.2 Å². The summed E-state index contributed by atoms with van der Waals surface area (Å²) in [5, 5.41) is 3.15. The van der Waals surface area contributed by atoms with Gasteiger partial charge in [-0.3, -0.25) is 4.90 Å². The fourth-order valence-corrected chi connectivity index (χ4v) is 3.15. The van der Waals surface area contributed by atoms with Crippen LogP contribution in [0.2, 0.25) is 0 Å². The van der Waals surface area contributed by atoms with E-state index in [1.807, 2.05) is 24.3 Å². The van der Waals surface area contributed by atoms with Crippen molar-refractivity contribution in [1.29, 1.82) is 0 Å². The van der Waals surface area contributed by atoms with Crippen LogP contribution >= 0.6 is 0 Å². The molecule has 0 saturated heterocycles. The minimum Gasteiger partial charge on any atom is -0.490 e. The first kappa shape index (κ1) is 20.0. The molecule has 0 radical (unpaired) electrons. The second kappa shape index (κ2) is 9.99. The van der Waals surface area contributed by atoms with E-state index in [-0.39, 0.29) is 0 Å². The Kier molecular flexibility index (Phi) is 7.14. The predicted molar refractivity (Wildman–Crippen MR) is 114 cm³/mol. The van der Waals surface area contributed by atoms with E-state index >= 15 is 0 Å². The van der Waals surface area contributed by atoms with E-state index in [2.05, 4.69) is 47.3 Å². The molecule has 0 amide bonds. The zero-order valence-corrected chi connectivity index (χ0v) is 16.8. The topological polar surface area (TPSA) is 72.1 Å². The Morgan fingerprint density at radius 3 is 2.50 bits per heavy atom. The van der Waals surface area contributed by atoms with Gasteiger partial charge in [-0.1, -0.05) is 38.1 Å². The molecule has 6 heteroatoms. The lowest BCUT2D eigenvalue weighted by Gasteiger charge is -2.19. The molecule has 0 bridgehead atoms. The number of benzene rings is 2. The van der Waals surface area contributed by atoms with Crippen LogP contribution in [0, 0.1) is 0 Å². The Morgan fingerprint density at radius 2 is 1.75 bits per heavy atom. The molecule has 28 heavy (non-hydrogen) atoms. The number of guanidine groups is 1. The zero-order valence-electron chi connectivity index (χ0n) is 16.8. The molecule has 1 heterocycles. The van der Waals surface area contributed by atoms with Crippen LogP contribution in [0.25, 0.3) is 0 Å². The summed E-state index contributed by atoms with van der Waals surface area (Å²) in [6, 6.07) is 14.1. The molecule has 3 rings (SSSR count). The summed E-state index contributed by atoms with van der Waals surface area (Å²) in [5.74, 6) is 1.89. The van der Waals surface area contributed by atoms with Gasteiger partial charge in [-0.25, -0.2) is 4.99 Å². The minimum atomic E-state index is 0.382. The Hall–Kier alpha value is -2.73.